The summed E-state index contributed by atoms with van der Waals surface area (Å²) in [5, 5.41) is 2.41. The van der Waals surface area contributed by atoms with E-state index in [0.29, 0.717) is 18.7 Å². The Morgan fingerprint density at radius 2 is 2.30 bits per heavy atom. The smallest absolute Gasteiger partial charge is 0.312 e. The molecule has 3 N–H and O–H groups in total. The van der Waals surface area contributed by atoms with E-state index in [4.69, 9.17) is 5.73 Å². The largest absolute Gasteiger partial charge is 0.352 e. The van der Waals surface area contributed by atoms with Gasteiger partial charge in [0.1, 0.15) is 0 Å². The number of primary amides is 1. The standard InChI is InChI=1S/C5H12N2O2S/c1-10(9)4-2-3-7-5(6)8/h2-4H2,1H3,(H3,6,7,8). The van der Waals surface area contributed by atoms with Gasteiger partial charge in [0.15, 0.2) is 0 Å². The zero-order valence-electron chi connectivity index (χ0n) is 5.92. The lowest BCUT2D eigenvalue weighted by atomic mass is 10.5. The van der Waals surface area contributed by atoms with Gasteiger partial charge in [-0.05, 0) is 6.42 Å². The van der Waals surface area contributed by atoms with Crippen LogP contribution >= 0.6 is 0 Å². The molecule has 0 radical (unpaired) electrons. The van der Waals surface area contributed by atoms with E-state index in [1.807, 2.05) is 0 Å². The molecule has 4 nitrogen and oxygen atoms in total. The lowest BCUT2D eigenvalue weighted by Crippen LogP contribution is -2.30. The van der Waals surface area contributed by atoms with Crippen LogP contribution in [0.25, 0.3) is 0 Å². The summed E-state index contributed by atoms with van der Waals surface area (Å²) in [5.74, 6) is 0.611. The molecule has 0 heterocycles. The molecule has 0 spiro atoms. The van der Waals surface area contributed by atoms with Crippen LogP contribution in [-0.4, -0.2) is 28.8 Å². The lowest BCUT2D eigenvalue weighted by Gasteiger charge is -1.98. The summed E-state index contributed by atoms with van der Waals surface area (Å²) < 4.78 is 10.5. The molecule has 0 aliphatic heterocycles. The van der Waals surface area contributed by atoms with Crippen molar-refractivity contribution in [1.29, 1.82) is 0 Å². The van der Waals surface area contributed by atoms with E-state index in [2.05, 4.69) is 5.32 Å². The van der Waals surface area contributed by atoms with Gasteiger partial charge in [-0.1, -0.05) is 0 Å². The summed E-state index contributed by atoms with van der Waals surface area (Å²) in [6, 6.07) is -0.526. The third kappa shape index (κ3) is 7.42. The van der Waals surface area contributed by atoms with E-state index in [0.717, 1.165) is 0 Å². The highest BCUT2D eigenvalue weighted by Crippen LogP contribution is 1.80. The molecule has 0 aromatic carbocycles. The van der Waals surface area contributed by atoms with Crippen LogP contribution < -0.4 is 11.1 Å². The van der Waals surface area contributed by atoms with E-state index in [-0.39, 0.29) is 0 Å². The molecule has 1 unspecified atom stereocenters. The van der Waals surface area contributed by atoms with E-state index >= 15 is 0 Å². The maximum atomic E-state index is 10.5. The van der Waals surface area contributed by atoms with Crippen molar-refractivity contribution in [2.75, 3.05) is 18.6 Å². The van der Waals surface area contributed by atoms with Crippen molar-refractivity contribution >= 4 is 16.8 Å². The first-order valence-corrected chi connectivity index (χ1v) is 4.69. The fourth-order valence-electron chi connectivity index (χ4n) is 0.487. The number of nitrogens with two attached hydrogens (primary N) is 1. The molecule has 2 amide bonds. The monoisotopic (exact) mass is 164 g/mol. The molecule has 0 aliphatic rings. The zero-order chi connectivity index (χ0) is 7.98. The fraction of sp³-hybridized carbons (Fsp3) is 0.800. The van der Waals surface area contributed by atoms with Gasteiger partial charge in [-0.15, -0.1) is 0 Å². The second-order valence-corrected chi connectivity index (χ2v) is 3.48. The maximum Gasteiger partial charge on any atom is 0.312 e. The Kier molecular flexibility index (Phi) is 4.92. The predicted octanol–water partition coefficient (Wildman–Crippen LogP) is -0.577. The van der Waals surface area contributed by atoms with Crippen LogP contribution in [0.2, 0.25) is 0 Å². The van der Waals surface area contributed by atoms with Crippen LogP contribution in [0, 0.1) is 0 Å². The van der Waals surface area contributed by atoms with Gasteiger partial charge in [-0.2, -0.15) is 0 Å². The summed E-state index contributed by atoms with van der Waals surface area (Å²) in [5.41, 5.74) is 4.78. The molecule has 0 fully saturated rings. The summed E-state index contributed by atoms with van der Waals surface area (Å²) in [7, 11) is -0.772. The summed E-state index contributed by atoms with van der Waals surface area (Å²) in [4.78, 5) is 10.1. The van der Waals surface area contributed by atoms with Crippen molar-refractivity contribution in [2.24, 2.45) is 5.73 Å². The molecule has 0 aliphatic carbocycles. The third-order valence-electron chi connectivity index (χ3n) is 0.908. The number of carbonyl (C=O) groups is 1. The van der Waals surface area contributed by atoms with Gasteiger partial charge >= 0.3 is 6.03 Å². The number of rotatable bonds is 4. The van der Waals surface area contributed by atoms with E-state index in [1.165, 1.54) is 0 Å². The second-order valence-electron chi connectivity index (χ2n) is 1.92. The molecule has 60 valence electrons. The van der Waals surface area contributed by atoms with Crippen molar-refractivity contribution in [1.82, 2.24) is 5.32 Å². The highest BCUT2D eigenvalue weighted by Gasteiger charge is 1.92. The van der Waals surface area contributed by atoms with Gasteiger partial charge in [0.25, 0.3) is 0 Å². The van der Waals surface area contributed by atoms with Crippen molar-refractivity contribution < 1.29 is 9.00 Å². The molecule has 10 heavy (non-hydrogen) atoms. The van der Waals surface area contributed by atoms with Crippen LogP contribution in [0.4, 0.5) is 4.79 Å². The first-order valence-electron chi connectivity index (χ1n) is 2.96. The average molecular weight is 164 g/mol. The minimum atomic E-state index is -0.772. The molecule has 0 aromatic heterocycles. The Morgan fingerprint density at radius 1 is 1.70 bits per heavy atom. The Bertz CT molecular complexity index is 122. The van der Waals surface area contributed by atoms with Gasteiger partial charge in [0, 0.05) is 29.4 Å². The first kappa shape index (κ1) is 9.42. The first-order chi connectivity index (χ1) is 4.63. The Labute approximate surface area is 62.6 Å². The lowest BCUT2D eigenvalue weighted by molar-refractivity contribution is 0.249. The van der Waals surface area contributed by atoms with E-state index < -0.39 is 16.8 Å². The number of hydrogen-bond donors (Lipinski definition) is 2. The highest BCUT2D eigenvalue weighted by molar-refractivity contribution is 7.84. The van der Waals surface area contributed by atoms with Crippen LogP contribution in [0.15, 0.2) is 0 Å². The highest BCUT2D eigenvalue weighted by atomic mass is 32.2. The second kappa shape index (κ2) is 5.22. The van der Waals surface area contributed by atoms with Gasteiger partial charge in [0.2, 0.25) is 0 Å². The quantitative estimate of drug-likeness (QED) is 0.546. The maximum absolute atomic E-state index is 10.5. The topological polar surface area (TPSA) is 72.2 Å². The van der Waals surface area contributed by atoms with Crippen LogP contribution in [-0.2, 0) is 10.8 Å². The molecular weight excluding hydrogens is 152 g/mol. The van der Waals surface area contributed by atoms with Crippen LogP contribution in [0.1, 0.15) is 6.42 Å². The predicted molar refractivity (Wildman–Crippen MR) is 41.1 cm³/mol. The van der Waals surface area contributed by atoms with Crippen molar-refractivity contribution in [3.05, 3.63) is 0 Å². The number of carbonyl (C=O) groups excluding carboxylic acids is 1. The molecule has 0 saturated heterocycles. The number of urea groups is 1. The zero-order valence-corrected chi connectivity index (χ0v) is 6.74. The summed E-state index contributed by atoms with van der Waals surface area (Å²) >= 11 is 0. The molecule has 0 bridgehead atoms. The molecule has 0 aromatic rings. The molecule has 1 atom stereocenters. The van der Waals surface area contributed by atoms with E-state index in [1.54, 1.807) is 6.26 Å². The van der Waals surface area contributed by atoms with Crippen LogP contribution in [0.5, 0.6) is 0 Å². The van der Waals surface area contributed by atoms with E-state index in [9.17, 15) is 9.00 Å². The Hall–Kier alpha value is -0.580. The number of hydrogen-bond acceptors (Lipinski definition) is 2. The normalized spacial score (nSPS) is 12.5. The SMILES string of the molecule is CS(=O)CCCNC(N)=O. The Morgan fingerprint density at radius 3 is 2.70 bits per heavy atom. The van der Waals surface area contributed by atoms with Gasteiger partial charge in [0.05, 0.1) is 0 Å². The Balaban J connectivity index is 3.06. The molecule has 5 heteroatoms. The summed E-state index contributed by atoms with van der Waals surface area (Å²) in [6.07, 6.45) is 2.34. The third-order valence-corrected chi connectivity index (χ3v) is 1.77. The van der Waals surface area contributed by atoms with Gasteiger partial charge < -0.3 is 11.1 Å². The minimum absolute atomic E-state index is 0.509. The van der Waals surface area contributed by atoms with Gasteiger partial charge in [-0.3, -0.25) is 4.21 Å². The fourth-order valence-corrected chi connectivity index (χ4v) is 1.04. The number of amides is 2. The number of nitrogens with one attached hydrogen (secondary N) is 1. The van der Waals surface area contributed by atoms with Crippen molar-refractivity contribution in [2.45, 2.75) is 6.42 Å². The average Bonchev–Trinajstić information content (AvgIpc) is 1.79. The van der Waals surface area contributed by atoms with Crippen LogP contribution in [0.3, 0.4) is 0 Å². The minimum Gasteiger partial charge on any atom is -0.352 e. The molecular formula is C5H12N2O2S. The van der Waals surface area contributed by atoms with Gasteiger partial charge in [-0.25, -0.2) is 4.79 Å². The summed E-state index contributed by atoms with van der Waals surface area (Å²) in [6.45, 7) is 0.509. The van der Waals surface area contributed by atoms with Crippen molar-refractivity contribution in [3.8, 4) is 0 Å². The molecule has 0 rings (SSSR count). The molecule has 0 saturated carbocycles. The van der Waals surface area contributed by atoms with Crippen molar-refractivity contribution in [3.63, 3.8) is 0 Å².